The molecule has 0 saturated carbocycles. The number of nitrogens with zero attached hydrogens (tertiary/aromatic N) is 1. The van der Waals surface area contributed by atoms with Crippen molar-refractivity contribution in [1.82, 2.24) is 9.88 Å². The number of aromatic nitrogens is 1. The Morgan fingerprint density at radius 2 is 1.93 bits per heavy atom. The summed E-state index contributed by atoms with van der Waals surface area (Å²) in [5.74, 6) is 0.594. The van der Waals surface area contributed by atoms with Crippen molar-refractivity contribution in [3.05, 3.63) is 87.2 Å². The molecule has 4 aromatic rings. The van der Waals surface area contributed by atoms with Gasteiger partial charge in [0.2, 0.25) is 0 Å². The number of ether oxygens (including phenoxy) is 1. The van der Waals surface area contributed by atoms with Crippen molar-refractivity contribution in [2.75, 3.05) is 13.7 Å². The average Bonchev–Trinajstić information content (AvgIpc) is 3.38. The molecule has 6 heteroatoms. The summed E-state index contributed by atoms with van der Waals surface area (Å²) in [6.07, 6.45) is 1.99. The molecule has 142 valence electrons. The highest BCUT2D eigenvalue weighted by atomic mass is 79.9. The lowest BCUT2D eigenvalue weighted by Gasteiger charge is -2.27. The van der Waals surface area contributed by atoms with Gasteiger partial charge in [0.25, 0.3) is 5.91 Å². The van der Waals surface area contributed by atoms with Crippen LogP contribution in [-0.2, 0) is 4.79 Å². The van der Waals surface area contributed by atoms with Crippen LogP contribution < -0.4 is 4.74 Å². The molecule has 0 fully saturated rings. The van der Waals surface area contributed by atoms with E-state index in [4.69, 9.17) is 4.74 Å². The number of carbonyl (C=O) groups is 1. The number of hydrogen-bond acceptors (Lipinski definition) is 3. The van der Waals surface area contributed by atoms with Gasteiger partial charge < -0.3 is 14.6 Å². The smallest absolute Gasteiger partial charge is 0.261 e. The van der Waals surface area contributed by atoms with Crippen molar-refractivity contribution in [1.29, 1.82) is 0 Å². The van der Waals surface area contributed by atoms with Crippen LogP contribution in [0.4, 0.5) is 0 Å². The van der Waals surface area contributed by atoms with E-state index in [2.05, 4.69) is 33.0 Å². The Labute approximate surface area is 175 Å². The number of nitrogens with one attached hydrogen (secondary N) is 1. The molecule has 2 heterocycles. The monoisotopic (exact) mass is 454 g/mol. The molecule has 0 spiro atoms. The molecule has 0 aliphatic rings. The van der Waals surface area contributed by atoms with Crippen molar-refractivity contribution in [2.45, 2.75) is 6.04 Å². The van der Waals surface area contributed by atoms with Crippen LogP contribution in [0.2, 0.25) is 0 Å². The van der Waals surface area contributed by atoms with Crippen molar-refractivity contribution < 1.29 is 9.53 Å². The average molecular weight is 455 g/mol. The van der Waals surface area contributed by atoms with E-state index in [1.54, 1.807) is 16.2 Å². The number of likely N-dealkylation sites (N-methyl/N-ethyl adjacent to an activating group) is 1. The first-order valence-electron chi connectivity index (χ1n) is 8.87. The maximum atomic E-state index is 12.9. The molecule has 2 aromatic heterocycles. The summed E-state index contributed by atoms with van der Waals surface area (Å²) >= 11 is 5.04. The minimum atomic E-state index is -0.169. The van der Waals surface area contributed by atoms with Gasteiger partial charge in [-0.05, 0) is 41.8 Å². The van der Waals surface area contributed by atoms with Crippen LogP contribution >= 0.6 is 27.3 Å². The normalized spacial score (nSPS) is 12.1. The van der Waals surface area contributed by atoms with E-state index in [0.717, 1.165) is 25.8 Å². The number of H-pyrrole nitrogens is 1. The van der Waals surface area contributed by atoms with Gasteiger partial charge in [-0.3, -0.25) is 4.79 Å². The van der Waals surface area contributed by atoms with E-state index >= 15 is 0 Å². The summed E-state index contributed by atoms with van der Waals surface area (Å²) < 4.78 is 6.67. The number of thiophene rings is 1. The summed E-state index contributed by atoms with van der Waals surface area (Å²) in [6, 6.07) is 19.5. The molecule has 1 N–H and O–H groups in total. The Hall–Kier alpha value is -2.57. The van der Waals surface area contributed by atoms with Gasteiger partial charge >= 0.3 is 0 Å². The molecule has 0 radical (unpaired) electrons. The largest absolute Gasteiger partial charge is 0.484 e. The second-order valence-corrected chi connectivity index (χ2v) is 8.35. The minimum absolute atomic E-state index is 0.0115. The predicted octanol–water partition coefficient (Wildman–Crippen LogP) is 5.62. The first kappa shape index (κ1) is 18.8. The molecule has 1 amide bonds. The highest BCUT2D eigenvalue weighted by Gasteiger charge is 2.27. The fourth-order valence-electron chi connectivity index (χ4n) is 3.24. The highest BCUT2D eigenvalue weighted by Crippen LogP contribution is 2.35. The van der Waals surface area contributed by atoms with Crippen molar-refractivity contribution >= 4 is 44.1 Å². The quantitative estimate of drug-likeness (QED) is 0.410. The minimum Gasteiger partial charge on any atom is -0.484 e. The summed E-state index contributed by atoms with van der Waals surface area (Å²) in [4.78, 5) is 19.1. The van der Waals surface area contributed by atoms with Gasteiger partial charge in [-0.25, -0.2) is 0 Å². The molecule has 0 bridgehead atoms. The molecule has 4 nitrogen and oxygen atoms in total. The molecule has 28 heavy (non-hydrogen) atoms. The second-order valence-electron chi connectivity index (χ2n) is 6.45. The summed E-state index contributed by atoms with van der Waals surface area (Å²) in [7, 11) is 1.83. The van der Waals surface area contributed by atoms with Gasteiger partial charge in [-0.2, -0.15) is 0 Å². The summed E-state index contributed by atoms with van der Waals surface area (Å²) in [5.41, 5.74) is 2.14. The van der Waals surface area contributed by atoms with E-state index < -0.39 is 0 Å². The Bertz CT molecular complexity index is 1070. The lowest BCUT2D eigenvalue weighted by Crippen LogP contribution is -2.35. The Morgan fingerprint density at radius 3 is 2.68 bits per heavy atom. The number of hydrogen-bond donors (Lipinski definition) is 1. The molecule has 1 atom stereocenters. The molecular weight excluding hydrogens is 436 g/mol. The highest BCUT2D eigenvalue weighted by molar-refractivity contribution is 9.10. The van der Waals surface area contributed by atoms with Crippen molar-refractivity contribution in [2.24, 2.45) is 0 Å². The molecule has 0 unspecified atom stereocenters. The van der Waals surface area contributed by atoms with Gasteiger partial charge in [0.05, 0.1) is 6.04 Å². The van der Waals surface area contributed by atoms with Crippen LogP contribution in [0.1, 0.15) is 16.5 Å². The standard InChI is InChI=1S/C22H19BrN2O2S/c1-25(21(26)14-27-16-10-8-15(23)9-11-16)22(20-7-4-12-28-20)18-13-24-19-6-3-2-5-17(18)19/h2-13,22,24H,14H2,1H3/t22-/m1/s1. The fourth-order valence-corrected chi connectivity index (χ4v) is 4.39. The van der Waals surface area contributed by atoms with E-state index in [-0.39, 0.29) is 18.6 Å². The number of benzene rings is 2. The van der Waals surface area contributed by atoms with E-state index in [1.807, 2.05) is 67.2 Å². The molecule has 0 aliphatic carbocycles. The lowest BCUT2D eigenvalue weighted by atomic mass is 10.0. The third-order valence-corrected chi connectivity index (χ3v) is 6.14. The number of carbonyl (C=O) groups excluding carboxylic acids is 1. The molecule has 4 rings (SSSR count). The van der Waals surface area contributed by atoms with Gasteiger partial charge in [0.15, 0.2) is 6.61 Å². The van der Waals surface area contributed by atoms with E-state index in [9.17, 15) is 4.79 Å². The Balaban J connectivity index is 1.59. The van der Waals surface area contributed by atoms with Crippen LogP contribution in [-0.4, -0.2) is 29.4 Å². The maximum Gasteiger partial charge on any atom is 0.261 e. The number of halogens is 1. The van der Waals surface area contributed by atoms with Crippen LogP contribution in [0.25, 0.3) is 10.9 Å². The SMILES string of the molecule is CN(C(=O)COc1ccc(Br)cc1)[C@@H](c1cccs1)c1c[nH]c2ccccc12. The van der Waals surface area contributed by atoms with Crippen LogP contribution in [0, 0.1) is 0 Å². The van der Waals surface area contributed by atoms with Crippen molar-refractivity contribution in [3.63, 3.8) is 0 Å². The fraction of sp³-hybridized carbons (Fsp3) is 0.136. The van der Waals surface area contributed by atoms with Crippen LogP contribution in [0.3, 0.4) is 0 Å². The van der Waals surface area contributed by atoms with Crippen LogP contribution in [0.15, 0.2) is 76.7 Å². The first-order chi connectivity index (χ1) is 13.6. The molecule has 0 saturated heterocycles. The zero-order chi connectivity index (χ0) is 19.5. The van der Waals surface area contributed by atoms with Gasteiger partial charge in [0, 0.05) is 39.1 Å². The van der Waals surface area contributed by atoms with Crippen LogP contribution in [0.5, 0.6) is 5.75 Å². The summed E-state index contributed by atoms with van der Waals surface area (Å²) in [6.45, 7) is -0.0115. The van der Waals surface area contributed by atoms with Gasteiger partial charge in [-0.15, -0.1) is 11.3 Å². The maximum absolute atomic E-state index is 12.9. The molecule has 2 aromatic carbocycles. The molecular formula is C22H19BrN2O2S. The first-order valence-corrected chi connectivity index (χ1v) is 10.5. The predicted molar refractivity (Wildman–Crippen MR) is 117 cm³/mol. The zero-order valence-corrected chi connectivity index (χ0v) is 17.7. The lowest BCUT2D eigenvalue weighted by molar-refractivity contribution is -0.133. The molecule has 0 aliphatic heterocycles. The third kappa shape index (κ3) is 3.84. The van der Waals surface area contributed by atoms with Gasteiger partial charge in [0.1, 0.15) is 5.75 Å². The number of amides is 1. The van der Waals surface area contributed by atoms with Crippen molar-refractivity contribution in [3.8, 4) is 5.75 Å². The third-order valence-electron chi connectivity index (χ3n) is 4.69. The Morgan fingerprint density at radius 1 is 1.14 bits per heavy atom. The topological polar surface area (TPSA) is 45.3 Å². The Kier molecular flexibility index (Phi) is 5.50. The van der Waals surface area contributed by atoms with E-state index in [1.165, 1.54) is 0 Å². The number of rotatable bonds is 6. The van der Waals surface area contributed by atoms with Gasteiger partial charge in [-0.1, -0.05) is 40.2 Å². The second kappa shape index (κ2) is 8.20. The van der Waals surface area contributed by atoms with E-state index in [0.29, 0.717) is 5.75 Å². The zero-order valence-electron chi connectivity index (χ0n) is 15.3. The number of fused-ring (bicyclic) bond motifs is 1. The summed E-state index contributed by atoms with van der Waals surface area (Å²) in [5, 5.41) is 3.16. The number of aromatic amines is 1. The number of para-hydroxylation sites is 1.